The van der Waals surface area contributed by atoms with Crippen LogP contribution in [-0.4, -0.2) is 43.5 Å². The number of nitrogens with zero attached hydrogens (tertiary/aromatic N) is 5. The molecule has 0 bridgehead atoms. The number of para-hydroxylation sites is 1. The predicted octanol–water partition coefficient (Wildman–Crippen LogP) is 3.67. The minimum Gasteiger partial charge on any atom is -0.461 e. The molecule has 1 heterocycles. The van der Waals surface area contributed by atoms with Crippen LogP contribution in [0.2, 0.25) is 0 Å². The zero-order chi connectivity index (χ0) is 20.9. The third-order valence-corrected chi connectivity index (χ3v) is 5.19. The Morgan fingerprint density at radius 1 is 1.07 bits per heavy atom. The summed E-state index contributed by atoms with van der Waals surface area (Å²) in [5, 5.41) is 25.6. The van der Waals surface area contributed by atoms with Crippen molar-refractivity contribution in [2.75, 3.05) is 12.4 Å². The van der Waals surface area contributed by atoms with E-state index in [-0.39, 0.29) is 17.9 Å². The van der Waals surface area contributed by atoms with E-state index in [1.165, 1.54) is 30.0 Å². The van der Waals surface area contributed by atoms with Crippen LogP contribution in [0.3, 0.4) is 0 Å². The van der Waals surface area contributed by atoms with Gasteiger partial charge in [-0.2, -0.15) is 4.68 Å². The van der Waals surface area contributed by atoms with E-state index in [0.717, 1.165) is 16.5 Å². The quantitative estimate of drug-likeness (QED) is 0.146. The summed E-state index contributed by atoms with van der Waals surface area (Å²) >= 11 is 1.32. The molecule has 0 aliphatic rings. The number of nitro benzene ring substituents is 1. The number of fused-ring (bicyclic) bond motifs is 1. The largest absolute Gasteiger partial charge is 0.461 e. The summed E-state index contributed by atoms with van der Waals surface area (Å²) in [6.45, 7) is 0.0535. The lowest BCUT2D eigenvalue weighted by Gasteiger charge is -2.08. The predicted molar refractivity (Wildman–Crippen MR) is 111 cm³/mol. The van der Waals surface area contributed by atoms with Gasteiger partial charge < -0.3 is 4.74 Å². The van der Waals surface area contributed by atoms with Gasteiger partial charge in [-0.05, 0) is 27.9 Å². The molecule has 10 heteroatoms. The van der Waals surface area contributed by atoms with E-state index < -0.39 is 10.9 Å². The van der Waals surface area contributed by atoms with Crippen LogP contribution in [0.15, 0.2) is 71.9 Å². The van der Waals surface area contributed by atoms with Crippen molar-refractivity contribution in [3.05, 3.63) is 82.4 Å². The number of carbonyl (C=O) groups is 1. The molecule has 30 heavy (non-hydrogen) atoms. The normalized spacial score (nSPS) is 10.8. The molecule has 0 unspecified atom stereocenters. The molecule has 0 N–H and O–H groups in total. The molecule has 0 radical (unpaired) electrons. The fourth-order valence-corrected chi connectivity index (χ4v) is 3.66. The van der Waals surface area contributed by atoms with Gasteiger partial charge in [-0.1, -0.05) is 60.3 Å². The van der Waals surface area contributed by atoms with Crippen LogP contribution < -0.4 is 0 Å². The minimum absolute atomic E-state index is 0.0535. The Kier molecular flexibility index (Phi) is 5.66. The number of nitro groups is 1. The Morgan fingerprint density at radius 3 is 2.70 bits per heavy atom. The van der Waals surface area contributed by atoms with Crippen LogP contribution >= 0.6 is 11.8 Å². The number of thioether (sulfide) groups is 1. The van der Waals surface area contributed by atoms with Gasteiger partial charge in [-0.3, -0.25) is 10.1 Å². The molecule has 4 rings (SSSR count). The number of aromatic nitrogens is 4. The Balaban J connectivity index is 1.43. The van der Waals surface area contributed by atoms with Crippen molar-refractivity contribution < 1.29 is 14.5 Å². The molecular weight excluding hydrogens is 406 g/mol. The molecule has 0 aliphatic carbocycles. The lowest BCUT2D eigenvalue weighted by molar-refractivity contribution is -0.385. The lowest BCUT2D eigenvalue weighted by atomic mass is 10.1. The van der Waals surface area contributed by atoms with Crippen molar-refractivity contribution in [3.63, 3.8) is 0 Å². The molecule has 0 amide bonds. The van der Waals surface area contributed by atoms with Crippen molar-refractivity contribution in [1.82, 2.24) is 20.2 Å². The first-order valence-corrected chi connectivity index (χ1v) is 9.93. The van der Waals surface area contributed by atoms with Crippen molar-refractivity contribution in [2.24, 2.45) is 0 Å². The molecule has 1 aromatic heterocycles. The van der Waals surface area contributed by atoms with Gasteiger partial charge in [-0.15, -0.1) is 5.10 Å². The second kappa shape index (κ2) is 8.70. The van der Waals surface area contributed by atoms with Crippen LogP contribution in [-0.2, 0) is 4.74 Å². The average Bonchev–Trinajstić information content (AvgIpc) is 3.24. The number of ether oxygens (including phenoxy) is 1. The molecule has 0 spiro atoms. The van der Waals surface area contributed by atoms with Gasteiger partial charge in [0.2, 0.25) is 5.16 Å². The SMILES string of the molecule is O=C(OCCSc1nnnn1-c1cccc2ccccc12)c1ccccc1[N+](=O)[O-]. The number of hydrogen-bond donors (Lipinski definition) is 0. The molecule has 150 valence electrons. The molecule has 0 saturated heterocycles. The number of tetrazole rings is 1. The van der Waals surface area contributed by atoms with E-state index in [1.54, 1.807) is 10.7 Å². The Labute approximate surface area is 174 Å². The van der Waals surface area contributed by atoms with Gasteiger partial charge in [-0.25, -0.2) is 4.79 Å². The van der Waals surface area contributed by atoms with Gasteiger partial charge in [0.25, 0.3) is 5.69 Å². The monoisotopic (exact) mass is 421 g/mol. The van der Waals surface area contributed by atoms with Crippen molar-refractivity contribution >= 4 is 34.2 Å². The average molecular weight is 421 g/mol. The Hall–Kier alpha value is -3.79. The van der Waals surface area contributed by atoms with E-state index >= 15 is 0 Å². The zero-order valence-electron chi connectivity index (χ0n) is 15.5. The van der Waals surface area contributed by atoms with Crippen molar-refractivity contribution in [3.8, 4) is 5.69 Å². The first kappa shape index (κ1) is 19.5. The third kappa shape index (κ3) is 3.98. The molecule has 3 aromatic carbocycles. The molecule has 4 aromatic rings. The van der Waals surface area contributed by atoms with E-state index in [9.17, 15) is 14.9 Å². The maximum Gasteiger partial charge on any atom is 0.345 e. The second-order valence-electron chi connectivity index (χ2n) is 6.13. The molecule has 0 saturated carbocycles. The third-order valence-electron chi connectivity index (χ3n) is 4.30. The molecular formula is C20H15N5O4S. The highest BCUT2D eigenvalue weighted by atomic mass is 32.2. The zero-order valence-corrected chi connectivity index (χ0v) is 16.4. The van der Waals surface area contributed by atoms with E-state index in [1.807, 2.05) is 42.5 Å². The summed E-state index contributed by atoms with van der Waals surface area (Å²) in [4.78, 5) is 22.6. The number of benzene rings is 3. The highest BCUT2D eigenvalue weighted by Gasteiger charge is 2.20. The van der Waals surface area contributed by atoms with Crippen molar-refractivity contribution in [1.29, 1.82) is 0 Å². The fourth-order valence-electron chi connectivity index (χ4n) is 2.96. The van der Waals surface area contributed by atoms with Crippen LogP contribution in [0.5, 0.6) is 0 Å². The Bertz CT molecular complexity index is 1220. The first-order valence-electron chi connectivity index (χ1n) is 8.95. The highest BCUT2D eigenvalue weighted by Crippen LogP contribution is 2.25. The number of rotatable bonds is 7. The maximum atomic E-state index is 12.2. The van der Waals surface area contributed by atoms with Gasteiger partial charge in [0.05, 0.1) is 10.6 Å². The smallest absolute Gasteiger partial charge is 0.345 e. The molecule has 0 fully saturated rings. The van der Waals surface area contributed by atoms with Crippen LogP contribution in [0.1, 0.15) is 10.4 Å². The van der Waals surface area contributed by atoms with Gasteiger partial charge in [0, 0.05) is 17.2 Å². The number of hydrogen-bond acceptors (Lipinski definition) is 8. The van der Waals surface area contributed by atoms with E-state index in [4.69, 9.17) is 4.74 Å². The molecule has 0 aliphatic heterocycles. The maximum absolute atomic E-state index is 12.2. The van der Waals surface area contributed by atoms with Gasteiger partial charge >= 0.3 is 5.97 Å². The number of carbonyl (C=O) groups excluding carboxylic acids is 1. The van der Waals surface area contributed by atoms with Crippen LogP contribution in [0.4, 0.5) is 5.69 Å². The van der Waals surface area contributed by atoms with Crippen molar-refractivity contribution in [2.45, 2.75) is 5.16 Å². The van der Waals surface area contributed by atoms with E-state index in [0.29, 0.717) is 10.9 Å². The summed E-state index contributed by atoms with van der Waals surface area (Å²) in [5.74, 6) is -0.353. The second-order valence-corrected chi connectivity index (χ2v) is 7.19. The highest BCUT2D eigenvalue weighted by molar-refractivity contribution is 7.99. The topological polar surface area (TPSA) is 113 Å². The van der Waals surface area contributed by atoms with Gasteiger partial charge in [0.15, 0.2) is 0 Å². The van der Waals surface area contributed by atoms with Crippen LogP contribution in [0, 0.1) is 10.1 Å². The summed E-state index contributed by atoms with van der Waals surface area (Å²) in [5.41, 5.74) is 0.487. The summed E-state index contributed by atoms with van der Waals surface area (Å²) in [7, 11) is 0. The molecule has 9 nitrogen and oxygen atoms in total. The molecule has 0 atom stereocenters. The number of esters is 1. The first-order chi connectivity index (χ1) is 14.6. The summed E-state index contributed by atoms with van der Waals surface area (Å²) < 4.78 is 6.83. The summed E-state index contributed by atoms with van der Waals surface area (Å²) in [6.07, 6.45) is 0. The standard InChI is InChI=1S/C20H15N5O4S/c26-19(16-9-3-4-10-18(16)25(27)28)29-12-13-30-20-21-22-23-24(20)17-11-5-7-14-6-1-2-8-15(14)17/h1-11H,12-13H2. The minimum atomic E-state index is -0.739. The van der Waals surface area contributed by atoms with Gasteiger partial charge in [0.1, 0.15) is 12.2 Å². The van der Waals surface area contributed by atoms with Crippen LogP contribution in [0.25, 0.3) is 16.5 Å². The van der Waals surface area contributed by atoms with E-state index in [2.05, 4.69) is 15.5 Å². The Morgan fingerprint density at radius 2 is 1.83 bits per heavy atom. The lowest BCUT2D eigenvalue weighted by Crippen LogP contribution is -2.10. The fraction of sp³-hybridized carbons (Fsp3) is 0.100. The summed E-state index contributed by atoms with van der Waals surface area (Å²) in [6, 6.07) is 19.5.